The summed E-state index contributed by atoms with van der Waals surface area (Å²) in [4.78, 5) is 12.1. The maximum Gasteiger partial charge on any atom is 0.224 e. The van der Waals surface area contributed by atoms with E-state index in [0.717, 1.165) is 22.3 Å². The molecular weight excluding hydrogens is 310 g/mol. The normalized spacial score (nSPS) is 24.7. The number of aromatic nitrogens is 2. The molecule has 2 N–H and O–H groups in total. The molecule has 1 amide bonds. The number of hydrogen-bond acceptors (Lipinski definition) is 3. The van der Waals surface area contributed by atoms with Crippen molar-refractivity contribution >= 4 is 5.91 Å². The molecule has 0 spiro atoms. The second-order valence-corrected chi connectivity index (χ2v) is 6.77. The molecule has 0 saturated heterocycles. The molecule has 1 heterocycles. The second kappa shape index (κ2) is 5.81. The van der Waals surface area contributed by atoms with Gasteiger partial charge in [-0.25, -0.2) is 0 Å². The van der Waals surface area contributed by atoms with Crippen LogP contribution in [0.2, 0.25) is 0 Å². The van der Waals surface area contributed by atoms with E-state index >= 15 is 0 Å². The first-order chi connectivity index (χ1) is 12.1. The summed E-state index contributed by atoms with van der Waals surface area (Å²) in [7, 11) is 0. The van der Waals surface area contributed by atoms with Gasteiger partial charge in [0, 0.05) is 17.4 Å². The molecule has 4 heteroatoms. The fourth-order valence-corrected chi connectivity index (χ4v) is 3.90. The topological polar surface area (TPSA) is 68.9 Å². The summed E-state index contributed by atoms with van der Waals surface area (Å²) < 4.78 is 0. The average Bonchev–Trinajstić information content (AvgIpc) is 3.31. The number of primary amides is 1. The quantitative estimate of drug-likeness (QED) is 0.796. The zero-order valence-corrected chi connectivity index (χ0v) is 14.0. The second-order valence-electron chi connectivity index (χ2n) is 6.77. The smallest absolute Gasteiger partial charge is 0.224 e. The zero-order valence-electron chi connectivity index (χ0n) is 14.0. The molecule has 1 aliphatic carbocycles. The maximum atomic E-state index is 12.1. The van der Waals surface area contributed by atoms with Crippen LogP contribution in [0.5, 0.6) is 0 Å². The van der Waals surface area contributed by atoms with Crippen LogP contribution in [0.15, 0.2) is 73.1 Å². The molecule has 1 saturated carbocycles. The first kappa shape index (κ1) is 15.5. The van der Waals surface area contributed by atoms with Crippen LogP contribution in [0.25, 0.3) is 11.1 Å². The molecule has 3 unspecified atom stereocenters. The number of rotatable bonds is 4. The Morgan fingerprint density at radius 1 is 0.880 bits per heavy atom. The van der Waals surface area contributed by atoms with Crippen molar-refractivity contribution in [3.05, 3.63) is 84.2 Å². The highest BCUT2D eigenvalue weighted by Gasteiger charge is 2.66. The van der Waals surface area contributed by atoms with Crippen LogP contribution in [0, 0.1) is 5.41 Å². The van der Waals surface area contributed by atoms with Gasteiger partial charge in [-0.1, -0.05) is 54.6 Å². The molecule has 4 nitrogen and oxygen atoms in total. The summed E-state index contributed by atoms with van der Waals surface area (Å²) in [5.41, 5.74) is 9.62. The lowest BCUT2D eigenvalue weighted by atomic mass is 9.98. The summed E-state index contributed by atoms with van der Waals surface area (Å²) in [6, 6.07) is 20.4. The molecule has 0 radical (unpaired) electrons. The molecule has 1 aromatic heterocycles. The van der Waals surface area contributed by atoms with E-state index in [-0.39, 0.29) is 17.7 Å². The van der Waals surface area contributed by atoms with Crippen molar-refractivity contribution in [3.63, 3.8) is 0 Å². The molecule has 1 fully saturated rings. The van der Waals surface area contributed by atoms with E-state index < -0.39 is 5.41 Å². The Morgan fingerprint density at radius 3 is 2.08 bits per heavy atom. The minimum Gasteiger partial charge on any atom is -0.369 e. The number of hydrogen-bond donors (Lipinski definition) is 1. The van der Waals surface area contributed by atoms with Crippen molar-refractivity contribution in [2.45, 2.75) is 18.8 Å². The van der Waals surface area contributed by atoms with Crippen molar-refractivity contribution < 1.29 is 4.79 Å². The summed E-state index contributed by atoms with van der Waals surface area (Å²) in [6.07, 6.45) is 3.42. The number of nitrogens with two attached hydrogens (primary N) is 1. The van der Waals surface area contributed by atoms with E-state index in [2.05, 4.69) is 46.6 Å². The van der Waals surface area contributed by atoms with E-state index in [1.807, 2.05) is 31.2 Å². The molecule has 1 aliphatic rings. The SMILES string of the molecule is CC1(C(N)=O)C(c2ccccc2)C1c1ccc(-c2ccnnc2)cc1. The van der Waals surface area contributed by atoms with E-state index in [4.69, 9.17) is 5.73 Å². The van der Waals surface area contributed by atoms with Gasteiger partial charge in [0.25, 0.3) is 0 Å². The van der Waals surface area contributed by atoms with Crippen molar-refractivity contribution in [2.24, 2.45) is 11.1 Å². The molecule has 0 bridgehead atoms. The van der Waals surface area contributed by atoms with Gasteiger partial charge in [0.2, 0.25) is 5.91 Å². The summed E-state index contributed by atoms with van der Waals surface area (Å²) in [6.45, 7) is 1.97. The molecule has 124 valence electrons. The van der Waals surface area contributed by atoms with Crippen LogP contribution in [-0.2, 0) is 4.79 Å². The average molecular weight is 329 g/mol. The van der Waals surface area contributed by atoms with Crippen molar-refractivity contribution in [2.75, 3.05) is 0 Å². The Labute approximate surface area is 146 Å². The fourth-order valence-electron chi connectivity index (χ4n) is 3.90. The highest BCUT2D eigenvalue weighted by molar-refractivity contribution is 5.88. The van der Waals surface area contributed by atoms with Gasteiger partial charge in [-0.15, -0.1) is 0 Å². The van der Waals surface area contributed by atoms with E-state index in [9.17, 15) is 4.79 Å². The predicted molar refractivity (Wildman–Crippen MR) is 96.7 cm³/mol. The van der Waals surface area contributed by atoms with Crippen LogP contribution >= 0.6 is 0 Å². The number of carbonyl (C=O) groups excluding carboxylic acids is 1. The van der Waals surface area contributed by atoms with Crippen LogP contribution < -0.4 is 5.73 Å². The van der Waals surface area contributed by atoms with E-state index in [0.29, 0.717) is 0 Å². The Bertz CT molecular complexity index is 893. The van der Waals surface area contributed by atoms with Crippen LogP contribution in [0.1, 0.15) is 29.9 Å². The summed E-state index contributed by atoms with van der Waals surface area (Å²) in [5.74, 6) is -0.00887. The molecule has 3 aromatic rings. The maximum absolute atomic E-state index is 12.1. The Kier molecular flexibility index (Phi) is 3.61. The van der Waals surface area contributed by atoms with Gasteiger partial charge in [-0.05, 0) is 29.7 Å². The lowest BCUT2D eigenvalue weighted by Gasteiger charge is -2.07. The molecule has 3 atom stereocenters. The standard InChI is InChI=1S/C21H19N3O/c1-21(20(22)25)18(15-5-3-2-4-6-15)19(21)16-9-7-14(8-10-16)17-11-12-23-24-13-17/h2-13,18-19H,1H3,(H2,22,25). The van der Waals surface area contributed by atoms with Crippen LogP contribution in [0.3, 0.4) is 0 Å². The van der Waals surface area contributed by atoms with E-state index in [1.54, 1.807) is 12.4 Å². The number of carbonyl (C=O) groups is 1. The fraction of sp³-hybridized carbons (Fsp3) is 0.190. The highest BCUT2D eigenvalue weighted by Crippen LogP contribution is 2.69. The van der Waals surface area contributed by atoms with Crippen LogP contribution in [-0.4, -0.2) is 16.1 Å². The van der Waals surface area contributed by atoms with Gasteiger partial charge >= 0.3 is 0 Å². The Morgan fingerprint density at radius 2 is 1.52 bits per heavy atom. The first-order valence-corrected chi connectivity index (χ1v) is 8.34. The Hall–Kier alpha value is -3.01. The van der Waals surface area contributed by atoms with Crippen LogP contribution in [0.4, 0.5) is 0 Å². The summed E-state index contributed by atoms with van der Waals surface area (Å²) in [5, 5.41) is 7.73. The minimum absolute atomic E-state index is 0.108. The molecule has 4 rings (SSSR count). The molecular formula is C21H19N3O. The van der Waals surface area contributed by atoms with Gasteiger partial charge < -0.3 is 5.73 Å². The highest BCUT2D eigenvalue weighted by atomic mass is 16.1. The lowest BCUT2D eigenvalue weighted by molar-refractivity contribution is -0.122. The largest absolute Gasteiger partial charge is 0.369 e. The molecule has 0 aliphatic heterocycles. The van der Waals surface area contributed by atoms with Gasteiger partial charge in [0.05, 0.1) is 17.8 Å². The Balaban J connectivity index is 1.68. The predicted octanol–water partition coefficient (Wildman–Crippen LogP) is 3.52. The number of benzene rings is 2. The lowest BCUT2D eigenvalue weighted by Crippen LogP contribution is -2.24. The van der Waals surface area contributed by atoms with Gasteiger partial charge in [-0.3, -0.25) is 4.79 Å². The van der Waals surface area contributed by atoms with Gasteiger partial charge in [-0.2, -0.15) is 10.2 Å². The zero-order chi connectivity index (χ0) is 17.4. The third-order valence-corrected chi connectivity index (χ3v) is 5.39. The van der Waals surface area contributed by atoms with Crippen molar-refractivity contribution in [1.82, 2.24) is 10.2 Å². The minimum atomic E-state index is -0.541. The number of nitrogens with zero attached hydrogens (tertiary/aromatic N) is 2. The molecule has 25 heavy (non-hydrogen) atoms. The van der Waals surface area contributed by atoms with Gasteiger partial charge in [0.1, 0.15) is 0 Å². The summed E-state index contributed by atoms with van der Waals surface area (Å²) >= 11 is 0. The van der Waals surface area contributed by atoms with Gasteiger partial charge in [0.15, 0.2) is 0 Å². The monoisotopic (exact) mass is 329 g/mol. The van der Waals surface area contributed by atoms with E-state index in [1.165, 1.54) is 0 Å². The third kappa shape index (κ3) is 2.50. The molecule has 2 aromatic carbocycles. The van der Waals surface area contributed by atoms with Crippen molar-refractivity contribution in [1.29, 1.82) is 0 Å². The van der Waals surface area contributed by atoms with Crippen molar-refractivity contribution in [3.8, 4) is 11.1 Å². The first-order valence-electron chi connectivity index (χ1n) is 8.34. The number of amides is 1. The third-order valence-electron chi connectivity index (χ3n) is 5.39.